The Labute approximate surface area is 146 Å². The number of anilines is 4. The SMILES string of the molecule is COc1ccc(OC)c(Nc2nc(C)cc(Nc3ccccc3)n2)c1. The lowest BCUT2D eigenvalue weighted by molar-refractivity contribution is 0.405. The third kappa shape index (κ3) is 4.17. The molecule has 1 aromatic heterocycles. The van der Waals surface area contributed by atoms with Gasteiger partial charge in [-0.3, -0.25) is 0 Å². The molecule has 0 aliphatic rings. The van der Waals surface area contributed by atoms with Gasteiger partial charge in [-0.15, -0.1) is 0 Å². The first-order valence-electron chi connectivity index (χ1n) is 7.85. The lowest BCUT2D eigenvalue weighted by Crippen LogP contribution is -2.03. The molecule has 3 rings (SSSR count). The van der Waals surface area contributed by atoms with Gasteiger partial charge in [-0.1, -0.05) is 18.2 Å². The van der Waals surface area contributed by atoms with Crippen molar-refractivity contribution in [2.45, 2.75) is 6.92 Å². The summed E-state index contributed by atoms with van der Waals surface area (Å²) in [6.07, 6.45) is 0. The van der Waals surface area contributed by atoms with Gasteiger partial charge in [0.15, 0.2) is 0 Å². The Hall–Kier alpha value is -3.28. The molecule has 6 heteroatoms. The van der Waals surface area contributed by atoms with Gasteiger partial charge < -0.3 is 20.1 Å². The van der Waals surface area contributed by atoms with Crippen LogP contribution in [0.3, 0.4) is 0 Å². The summed E-state index contributed by atoms with van der Waals surface area (Å²) in [7, 11) is 3.24. The Morgan fingerprint density at radius 1 is 0.840 bits per heavy atom. The summed E-state index contributed by atoms with van der Waals surface area (Å²) >= 11 is 0. The van der Waals surface area contributed by atoms with Gasteiger partial charge >= 0.3 is 0 Å². The van der Waals surface area contributed by atoms with Crippen LogP contribution < -0.4 is 20.1 Å². The quantitative estimate of drug-likeness (QED) is 0.700. The molecule has 0 aliphatic heterocycles. The first-order chi connectivity index (χ1) is 12.2. The number of rotatable bonds is 6. The van der Waals surface area contributed by atoms with Crippen molar-refractivity contribution in [3.8, 4) is 11.5 Å². The summed E-state index contributed by atoms with van der Waals surface area (Å²) in [5, 5.41) is 6.47. The Morgan fingerprint density at radius 3 is 2.36 bits per heavy atom. The molecule has 0 fully saturated rings. The molecule has 0 amide bonds. The molecular formula is C19H20N4O2. The summed E-state index contributed by atoms with van der Waals surface area (Å²) in [4.78, 5) is 8.97. The predicted molar refractivity (Wildman–Crippen MR) is 99.3 cm³/mol. The average molecular weight is 336 g/mol. The van der Waals surface area contributed by atoms with E-state index in [1.807, 2.05) is 61.5 Å². The second-order valence-electron chi connectivity index (χ2n) is 5.40. The monoisotopic (exact) mass is 336 g/mol. The van der Waals surface area contributed by atoms with Crippen molar-refractivity contribution in [1.29, 1.82) is 0 Å². The zero-order valence-corrected chi connectivity index (χ0v) is 14.4. The van der Waals surface area contributed by atoms with Crippen molar-refractivity contribution < 1.29 is 9.47 Å². The minimum absolute atomic E-state index is 0.477. The number of nitrogens with one attached hydrogen (secondary N) is 2. The maximum absolute atomic E-state index is 5.38. The maximum atomic E-state index is 5.38. The van der Waals surface area contributed by atoms with Gasteiger partial charge in [-0.05, 0) is 31.2 Å². The largest absolute Gasteiger partial charge is 0.497 e. The van der Waals surface area contributed by atoms with E-state index in [1.165, 1.54) is 0 Å². The zero-order chi connectivity index (χ0) is 17.6. The molecule has 0 atom stereocenters. The summed E-state index contributed by atoms with van der Waals surface area (Å²) in [5.41, 5.74) is 2.54. The van der Waals surface area contributed by atoms with Crippen molar-refractivity contribution >= 4 is 23.1 Å². The molecule has 2 aromatic carbocycles. The summed E-state index contributed by atoms with van der Waals surface area (Å²) in [6.45, 7) is 1.92. The van der Waals surface area contributed by atoms with E-state index in [0.717, 1.165) is 22.8 Å². The molecule has 0 bridgehead atoms. The highest BCUT2D eigenvalue weighted by atomic mass is 16.5. The van der Waals surface area contributed by atoms with Crippen molar-refractivity contribution in [2.24, 2.45) is 0 Å². The van der Waals surface area contributed by atoms with Gasteiger partial charge in [0.1, 0.15) is 17.3 Å². The predicted octanol–water partition coefficient (Wildman–Crippen LogP) is 4.29. The summed E-state index contributed by atoms with van der Waals surface area (Å²) in [5.74, 6) is 2.59. The second-order valence-corrected chi connectivity index (χ2v) is 5.40. The van der Waals surface area contributed by atoms with Gasteiger partial charge in [0.05, 0.1) is 19.9 Å². The molecule has 6 nitrogen and oxygen atoms in total. The highest BCUT2D eigenvalue weighted by Crippen LogP contribution is 2.31. The van der Waals surface area contributed by atoms with E-state index >= 15 is 0 Å². The number of para-hydroxylation sites is 1. The van der Waals surface area contributed by atoms with E-state index in [0.29, 0.717) is 17.5 Å². The van der Waals surface area contributed by atoms with E-state index in [-0.39, 0.29) is 0 Å². The molecule has 1 heterocycles. The minimum Gasteiger partial charge on any atom is -0.497 e. The molecule has 0 spiro atoms. The van der Waals surface area contributed by atoms with E-state index in [2.05, 4.69) is 20.6 Å². The molecule has 0 aliphatic carbocycles. The summed E-state index contributed by atoms with van der Waals surface area (Å²) < 4.78 is 10.7. The summed E-state index contributed by atoms with van der Waals surface area (Å²) in [6, 6.07) is 17.3. The first kappa shape index (κ1) is 16.6. The molecule has 0 saturated heterocycles. The number of aromatic nitrogens is 2. The van der Waals surface area contributed by atoms with Crippen molar-refractivity contribution in [3.05, 3.63) is 60.3 Å². The van der Waals surface area contributed by atoms with Crippen LogP contribution in [0.15, 0.2) is 54.6 Å². The lowest BCUT2D eigenvalue weighted by Gasteiger charge is -2.13. The van der Waals surface area contributed by atoms with E-state index in [9.17, 15) is 0 Å². The van der Waals surface area contributed by atoms with Crippen molar-refractivity contribution in [3.63, 3.8) is 0 Å². The first-order valence-corrected chi connectivity index (χ1v) is 7.85. The Bertz CT molecular complexity index is 853. The number of aryl methyl sites for hydroxylation is 1. The van der Waals surface area contributed by atoms with Gasteiger partial charge in [-0.2, -0.15) is 4.98 Å². The van der Waals surface area contributed by atoms with Crippen LogP contribution in [0, 0.1) is 6.92 Å². The van der Waals surface area contributed by atoms with Gasteiger partial charge in [0, 0.05) is 23.5 Å². The normalized spacial score (nSPS) is 10.2. The Kier molecular flexibility index (Phi) is 4.99. The number of ether oxygens (including phenoxy) is 2. The highest BCUT2D eigenvalue weighted by molar-refractivity contribution is 5.66. The van der Waals surface area contributed by atoms with Crippen LogP contribution in [0.5, 0.6) is 11.5 Å². The van der Waals surface area contributed by atoms with E-state index < -0.39 is 0 Å². The standard InChI is InChI=1S/C19H20N4O2/c1-13-11-18(21-14-7-5-4-6-8-14)23-19(20-13)22-16-12-15(24-2)9-10-17(16)25-3/h4-12H,1-3H3,(H2,20,21,22,23). The second kappa shape index (κ2) is 7.53. The maximum Gasteiger partial charge on any atom is 0.229 e. The van der Waals surface area contributed by atoms with Crippen LogP contribution in [0.1, 0.15) is 5.69 Å². The van der Waals surface area contributed by atoms with E-state index in [1.54, 1.807) is 14.2 Å². The van der Waals surface area contributed by atoms with Crippen molar-refractivity contribution in [2.75, 3.05) is 24.9 Å². The molecule has 3 aromatic rings. The molecule has 128 valence electrons. The van der Waals surface area contributed by atoms with Crippen LogP contribution in [-0.2, 0) is 0 Å². The van der Waals surface area contributed by atoms with Gasteiger partial charge in [0.25, 0.3) is 0 Å². The third-order valence-corrected chi connectivity index (χ3v) is 3.55. The molecule has 0 saturated carbocycles. The topological polar surface area (TPSA) is 68.3 Å². The van der Waals surface area contributed by atoms with Crippen LogP contribution in [0.4, 0.5) is 23.1 Å². The molecule has 25 heavy (non-hydrogen) atoms. The number of hydrogen-bond acceptors (Lipinski definition) is 6. The third-order valence-electron chi connectivity index (χ3n) is 3.55. The number of benzene rings is 2. The fourth-order valence-corrected chi connectivity index (χ4v) is 2.39. The molecular weight excluding hydrogens is 316 g/mol. The molecule has 2 N–H and O–H groups in total. The number of hydrogen-bond donors (Lipinski definition) is 2. The Balaban J connectivity index is 1.88. The number of nitrogens with zero attached hydrogens (tertiary/aromatic N) is 2. The lowest BCUT2D eigenvalue weighted by atomic mass is 10.2. The Morgan fingerprint density at radius 2 is 1.64 bits per heavy atom. The molecule has 0 radical (unpaired) electrons. The van der Waals surface area contributed by atoms with Crippen molar-refractivity contribution in [1.82, 2.24) is 9.97 Å². The van der Waals surface area contributed by atoms with E-state index in [4.69, 9.17) is 9.47 Å². The molecule has 0 unspecified atom stereocenters. The van der Waals surface area contributed by atoms with Crippen LogP contribution in [0.25, 0.3) is 0 Å². The van der Waals surface area contributed by atoms with Crippen LogP contribution >= 0.6 is 0 Å². The van der Waals surface area contributed by atoms with Crippen LogP contribution in [-0.4, -0.2) is 24.2 Å². The number of methoxy groups -OCH3 is 2. The van der Waals surface area contributed by atoms with Crippen LogP contribution in [0.2, 0.25) is 0 Å². The average Bonchev–Trinajstić information content (AvgIpc) is 2.62. The van der Waals surface area contributed by atoms with Gasteiger partial charge in [0.2, 0.25) is 5.95 Å². The smallest absolute Gasteiger partial charge is 0.229 e. The van der Waals surface area contributed by atoms with Gasteiger partial charge in [-0.25, -0.2) is 4.98 Å². The zero-order valence-electron chi connectivity index (χ0n) is 14.4. The minimum atomic E-state index is 0.477. The fourth-order valence-electron chi connectivity index (χ4n) is 2.39. The fraction of sp³-hybridized carbons (Fsp3) is 0.158. The highest BCUT2D eigenvalue weighted by Gasteiger charge is 2.09.